The van der Waals surface area contributed by atoms with Gasteiger partial charge < -0.3 is 0 Å². The molecule has 0 aliphatic carbocycles. The molecular formula is C21H32Si2. The first-order valence-corrected chi connectivity index (χ1v) is 15.1. The zero-order valence-corrected chi connectivity index (χ0v) is 18.5. The lowest BCUT2D eigenvalue weighted by molar-refractivity contribution is 1.34. The topological polar surface area (TPSA) is 0 Å². The lowest BCUT2D eigenvalue weighted by Gasteiger charge is -2.33. The Morgan fingerprint density at radius 2 is 0.826 bits per heavy atom. The molecule has 2 aromatic rings. The van der Waals surface area contributed by atoms with E-state index >= 15 is 0 Å². The van der Waals surface area contributed by atoms with Crippen molar-refractivity contribution >= 4 is 26.3 Å². The van der Waals surface area contributed by atoms with Gasteiger partial charge in [0.25, 0.3) is 0 Å². The van der Waals surface area contributed by atoms with Crippen molar-refractivity contribution in [2.75, 3.05) is 0 Å². The Morgan fingerprint density at radius 3 is 1.04 bits per heavy atom. The predicted octanol–water partition coefficient (Wildman–Crippen LogP) is 4.30. The summed E-state index contributed by atoms with van der Waals surface area (Å²) in [5.41, 5.74) is 8.85. The van der Waals surface area contributed by atoms with Gasteiger partial charge in [0.15, 0.2) is 0 Å². The molecular weight excluding hydrogens is 308 g/mol. The van der Waals surface area contributed by atoms with Gasteiger partial charge in [-0.25, -0.2) is 0 Å². The molecule has 0 nitrogen and oxygen atoms in total. The molecule has 0 bridgehead atoms. The van der Waals surface area contributed by atoms with E-state index in [9.17, 15) is 0 Å². The van der Waals surface area contributed by atoms with Crippen molar-refractivity contribution in [2.24, 2.45) is 0 Å². The average Bonchev–Trinajstić information content (AvgIpc) is 2.33. The Bertz CT molecular complexity index is 632. The van der Waals surface area contributed by atoms with Gasteiger partial charge in [-0.05, 0) is 41.5 Å². The highest BCUT2D eigenvalue weighted by molar-refractivity contribution is 7.41. The van der Waals surface area contributed by atoms with Crippen LogP contribution in [0, 0.1) is 41.5 Å². The number of benzene rings is 2. The zero-order chi connectivity index (χ0) is 17.5. The molecule has 2 rings (SSSR count). The molecule has 2 aromatic carbocycles. The van der Waals surface area contributed by atoms with E-state index in [4.69, 9.17) is 0 Å². The first-order chi connectivity index (χ1) is 10.5. The summed E-state index contributed by atoms with van der Waals surface area (Å²) in [7, 11) is -2.49. The van der Waals surface area contributed by atoms with Crippen LogP contribution in [0.4, 0.5) is 0 Å². The van der Waals surface area contributed by atoms with Crippen LogP contribution in [0.3, 0.4) is 0 Å². The van der Waals surface area contributed by atoms with E-state index in [1.807, 2.05) is 0 Å². The third-order valence-corrected chi connectivity index (χ3v) is 16.6. The van der Waals surface area contributed by atoms with Crippen molar-refractivity contribution in [3.05, 3.63) is 57.6 Å². The van der Waals surface area contributed by atoms with Gasteiger partial charge in [-0.2, -0.15) is 0 Å². The van der Waals surface area contributed by atoms with Crippen molar-refractivity contribution in [2.45, 2.75) is 61.2 Å². The fraction of sp³-hybridized carbons (Fsp3) is 0.429. The fourth-order valence-electron chi connectivity index (χ4n) is 4.30. The second-order valence-corrected chi connectivity index (χ2v) is 22.1. The van der Waals surface area contributed by atoms with E-state index in [2.05, 4.69) is 85.4 Å². The Balaban J connectivity index is 2.81. The van der Waals surface area contributed by atoms with Gasteiger partial charge >= 0.3 is 0 Å². The molecule has 2 heteroatoms. The molecule has 0 saturated heterocycles. The molecule has 0 atom stereocenters. The van der Waals surface area contributed by atoms with E-state index in [0.29, 0.717) is 0 Å². The molecule has 0 aromatic heterocycles. The zero-order valence-electron chi connectivity index (χ0n) is 16.4. The molecule has 23 heavy (non-hydrogen) atoms. The second-order valence-electron chi connectivity index (χ2n) is 8.42. The van der Waals surface area contributed by atoms with Gasteiger partial charge in [0.2, 0.25) is 0 Å². The van der Waals surface area contributed by atoms with Gasteiger partial charge in [-0.3, -0.25) is 0 Å². The molecule has 0 radical (unpaired) electrons. The molecule has 0 unspecified atom stereocenters. The summed E-state index contributed by atoms with van der Waals surface area (Å²) in [5.74, 6) is 0. The number of hydrogen-bond donors (Lipinski definition) is 0. The molecule has 0 amide bonds. The maximum Gasteiger partial charge on any atom is 0.0970 e. The molecule has 0 aliphatic rings. The van der Waals surface area contributed by atoms with Gasteiger partial charge in [-0.1, -0.05) is 87.7 Å². The van der Waals surface area contributed by atoms with Gasteiger partial charge in [0, 0.05) is 7.59 Å². The summed E-state index contributed by atoms with van der Waals surface area (Å²) in [6.07, 6.45) is 0. The monoisotopic (exact) mass is 340 g/mol. The molecule has 0 fully saturated rings. The summed E-state index contributed by atoms with van der Waals surface area (Å²) in [6, 6.07) is 9.56. The Morgan fingerprint density at radius 1 is 0.565 bits per heavy atom. The second kappa shape index (κ2) is 6.41. The highest BCUT2D eigenvalue weighted by Gasteiger charge is 2.35. The Hall–Kier alpha value is -1.13. The minimum absolute atomic E-state index is 1.20. The SMILES string of the molecule is Cc1cc(C)c([SiH](c2c(C)cc(C)cc2C)[Si](C)(C)C)c(C)c1. The first-order valence-electron chi connectivity index (χ1n) is 8.68. The number of hydrogen-bond acceptors (Lipinski definition) is 0. The van der Waals surface area contributed by atoms with Crippen LogP contribution in [0.25, 0.3) is 0 Å². The largest absolute Gasteiger partial charge is 0.0970 e. The van der Waals surface area contributed by atoms with Crippen LogP contribution in [-0.2, 0) is 0 Å². The third kappa shape index (κ3) is 3.69. The normalized spacial score (nSPS) is 12.1. The van der Waals surface area contributed by atoms with Crippen molar-refractivity contribution < 1.29 is 0 Å². The molecule has 0 heterocycles. The van der Waals surface area contributed by atoms with Crippen LogP contribution in [0.2, 0.25) is 19.6 Å². The van der Waals surface area contributed by atoms with E-state index < -0.39 is 15.9 Å². The minimum atomic E-state index is -1.29. The van der Waals surface area contributed by atoms with Crippen LogP contribution >= 0.6 is 0 Å². The lowest BCUT2D eigenvalue weighted by atomic mass is 10.1. The highest BCUT2D eigenvalue weighted by atomic mass is 29.2. The quantitative estimate of drug-likeness (QED) is 0.731. The highest BCUT2D eigenvalue weighted by Crippen LogP contribution is 2.18. The van der Waals surface area contributed by atoms with Gasteiger partial charge in [0.05, 0.1) is 8.31 Å². The lowest BCUT2D eigenvalue weighted by Crippen LogP contribution is -2.62. The van der Waals surface area contributed by atoms with Crippen molar-refractivity contribution in [3.8, 4) is 0 Å². The summed E-state index contributed by atoms with van der Waals surface area (Å²) >= 11 is 0. The van der Waals surface area contributed by atoms with Crippen LogP contribution in [0.5, 0.6) is 0 Å². The number of aryl methyl sites for hydroxylation is 6. The Labute approximate surface area is 145 Å². The summed E-state index contributed by atoms with van der Waals surface area (Å²) < 4.78 is 0. The van der Waals surface area contributed by atoms with E-state index in [-0.39, 0.29) is 0 Å². The maximum absolute atomic E-state index is 2.57. The molecule has 0 spiro atoms. The standard InChI is InChI=1S/C21H32Si2/c1-14-10-16(3)20(17(4)11-14)22(23(7,8)9)21-18(5)12-15(2)13-19(21)6/h10-13,22H,1-9H3. The van der Waals surface area contributed by atoms with Crippen molar-refractivity contribution in [1.29, 1.82) is 0 Å². The van der Waals surface area contributed by atoms with Crippen LogP contribution in [0.1, 0.15) is 33.4 Å². The van der Waals surface area contributed by atoms with Crippen LogP contribution < -0.4 is 10.4 Å². The fourth-order valence-corrected chi connectivity index (χ4v) is 16.4. The smallest absolute Gasteiger partial charge is 0.0711 e. The van der Waals surface area contributed by atoms with E-state index in [1.165, 1.54) is 33.4 Å². The van der Waals surface area contributed by atoms with E-state index in [1.54, 1.807) is 10.4 Å². The van der Waals surface area contributed by atoms with E-state index in [0.717, 1.165) is 0 Å². The van der Waals surface area contributed by atoms with Crippen LogP contribution in [-0.4, -0.2) is 15.9 Å². The molecule has 124 valence electrons. The molecule has 0 aliphatic heterocycles. The number of rotatable bonds is 3. The van der Waals surface area contributed by atoms with Gasteiger partial charge in [0.1, 0.15) is 0 Å². The minimum Gasteiger partial charge on any atom is -0.0711 e. The van der Waals surface area contributed by atoms with Crippen molar-refractivity contribution in [1.82, 2.24) is 0 Å². The maximum atomic E-state index is 2.57. The molecule has 0 saturated carbocycles. The average molecular weight is 341 g/mol. The first kappa shape index (κ1) is 18.2. The van der Waals surface area contributed by atoms with Crippen molar-refractivity contribution in [3.63, 3.8) is 0 Å². The summed E-state index contributed by atoms with van der Waals surface area (Å²) in [5, 5.41) is 3.43. The summed E-state index contributed by atoms with van der Waals surface area (Å²) in [4.78, 5) is 0. The third-order valence-electron chi connectivity index (χ3n) is 4.92. The van der Waals surface area contributed by atoms with Gasteiger partial charge in [-0.15, -0.1) is 0 Å². The summed E-state index contributed by atoms with van der Waals surface area (Å²) in [6.45, 7) is 21.5. The molecule has 0 N–H and O–H groups in total. The Kier molecular flexibility index (Phi) is 5.07. The van der Waals surface area contributed by atoms with Crippen LogP contribution in [0.15, 0.2) is 24.3 Å². The predicted molar refractivity (Wildman–Crippen MR) is 111 cm³/mol.